The third kappa shape index (κ3) is 4.36. The summed E-state index contributed by atoms with van der Waals surface area (Å²) in [6.07, 6.45) is 3.66. The van der Waals surface area contributed by atoms with Gasteiger partial charge in [-0.25, -0.2) is 0 Å². The molecule has 140 valence electrons. The predicted octanol–water partition coefficient (Wildman–Crippen LogP) is 5.70. The third-order valence-electron chi connectivity index (χ3n) is 4.82. The second kappa shape index (κ2) is 8.63. The maximum Gasteiger partial charge on any atom is 0.137 e. The van der Waals surface area contributed by atoms with Gasteiger partial charge in [0.1, 0.15) is 11.8 Å². The number of thioether (sulfide) groups is 1. The summed E-state index contributed by atoms with van der Waals surface area (Å²) in [5.74, 6) is 0.630. The third-order valence-corrected chi connectivity index (χ3v) is 6.07. The SMILES string of the molecule is CN=C(SC(C)c1cccc2c1CCC2)c1ccc(OC(C)C)c(C#N)c1. The first-order valence-corrected chi connectivity index (χ1v) is 10.4. The lowest BCUT2D eigenvalue weighted by Crippen LogP contribution is -2.08. The van der Waals surface area contributed by atoms with Crippen LogP contribution in [0.1, 0.15) is 60.3 Å². The van der Waals surface area contributed by atoms with Gasteiger partial charge in [-0.3, -0.25) is 4.99 Å². The van der Waals surface area contributed by atoms with Crippen molar-refractivity contribution in [1.29, 1.82) is 5.26 Å². The minimum absolute atomic E-state index is 0.0387. The Labute approximate surface area is 166 Å². The van der Waals surface area contributed by atoms with Crippen molar-refractivity contribution in [1.82, 2.24) is 0 Å². The number of nitriles is 1. The zero-order chi connectivity index (χ0) is 19.4. The molecule has 0 fully saturated rings. The number of hydrogen-bond donors (Lipinski definition) is 0. The molecule has 0 amide bonds. The second-order valence-corrected chi connectivity index (χ2v) is 8.45. The zero-order valence-corrected chi connectivity index (χ0v) is 17.3. The molecule has 0 radical (unpaired) electrons. The quantitative estimate of drug-likeness (QED) is 0.495. The second-order valence-electron chi connectivity index (χ2n) is 7.12. The molecular formula is C23H26N2OS. The molecule has 27 heavy (non-hydrogen) atoms. The highest BCUT2D eigenvalue weighted by Crippen LogP contribution is 2.37. The Morgan fingerprint density at radius 3 is 2.70 bits per heavy atom. The van der Waals surface area contributed by atoms with Crippen LogP contribution in [0, 0.1) is 11.3 Å². The zero-order valence-electron chi connectivity index (χ0n) is 16.5. The molecule has 0 aromatic heterocycles. The van der Waals surface area contributed by atoms with Gasteiger partial charge in [0.05, 0.1) is 16.7 Å². The van der Waals surface area contributed by atoms with Crippen LogP contribution in [-0.4, -0.2) is 18.2 Å². The monoisotopic (exact) mass is 378 g/mol. The minimum atomic E-state index is 0.0387. The lowest BCUT2D eigenvalue weighted by molar-refractivity contribution is 0.241. The molecule has 0 spiro atoms. The topological polar surface area (TPSA) is 45.4 Å². The van der Waals surface area contributed by atoms with Gasteiger partial charge < -0.3 is 4.74 Å². The van der Waals surface area contributed by atoms with Crippen LogP contribution in [0.3, 0.4) is 0 Å². The Bertz CT molecular complexity index is 896. The van der Waals surface area contributed by atoms with Crippen LogP contribution >= 0.6 is 11.8 Å². The summed E-state index contributed by atoms with van der Waals surface area (Å²) < 4.78 is 5.74. The van der Waals surface area contributed by atoms with E-state index in [1.165, 1.54) is 36.0 Å². The van der Waals surface area contributed by atoms with Crippen LogP contribution in [0.2, 0.25) is 0 Å². The van der Waals surface area contributed by atoms with Crippen LogP contribution in [0.4, 0.5) is 0 Å². The van der Waals surface area contributed by atoms with Crippen molar-refractivity contribution in [3.8, 4) is 11.8 Å². The highest BCUT2D eigenvalue weighted by atomic mass is 32.2. The summed E-state index contributed by atoms with van der Waals surface area (Å²) >= 11 is 1.76. The van der Waals surface area contributed by atoms with Crippen LogP contribution in [-0.2, 0) is 12.8 Å². The Hall–Kier alpha value is -2.25. The highest BCUT2D eigenvalue weighted by molar-refractivity contribution is 8.14. The van der Waals surface area contributed by atoms with Crippen LogP contribution < -0.4 is 4.74 Å². The molecule has 1 aliphatic carbocycles. The van der Waals surface area contributed by atoms with E-state index in [1.807, 2.05) is 39.1 Å². The van der Waals surface area contributed by atoms with Crippen LogP contribution in [0.5, 0.6) is 5.75 Å². The lowest BCUT2D eigenvalue weighted by atomic mass is 10.0. The van der Waals surface area contributed by atoms with Crippen LogP contribution in [0.15, 0.2) is 41.4 Å². The van der Waals surface area contributed by atoms with Gasteiger partial charge in [0, 0.05) is 17.9 Å². The van der Waals surface area contributed by atoms with Gasteiger partial charge in [0.25, 0.3) is 0 Å². The van der Waals surface area contributed by atoms with Crippen molar-refractivity contribution >= 4 is 16.8 Å². The Balaban J connectivity index is 1.84. The number of ether oxygens (including phenoxy) is 1. The molecule has 0 aliphatic heterocycles. The van der Waals surface area contributed by atoms with Gasteiger partial charge in [-0.05, 0) is 74.9 Å². The average molecular weight is 379 g/mol. The van der Waals surface area contributed by atoms with Gasteiger partial charge in [0.15, 0.2) is 0 Å². The number of benzene rings is 2. The highest BCUT2D eigenvalue weighted by Gasteiger charge is 2.20. The predicted molar refractivity (Wildman–Crippen MR) is 114 cm³/mol. The van der Waals surface area contributed by atoms with E-state index in [0.717, 1.165) is 10.6 Å². The molecule has 3 rings (SSSR count). The first-order valence-electron chi connectivity index (χ1n) is 9.48. The fourth-order valence-electron chi connectivity index (χ4n) is 3.62. The molecular weight excluding hydrogens is 352 g/mol. The van der Waals surface area contributed by atoms with Gasteiger partial charge >= 0.3 is 0 Å². The van der Waals surface area contributed by atoms with E-state index in [2.05, 4.69) is 36.2 Å². The maximum absolute atomic E-state index is 9.50. The largest absolute Gasteiger partial charge is 0.490 e. The molecule has 0 saturated carbocycles. The van der Waals surface area contributed by atoms with Crippen molar-refractivity contribution in [2.75, 3.05) is 7.05 Å². The van der Waals surface area contributed by atoms with E-state index in [1.54, 1.807) is 11.8 Å². The van der Waals surface area contributed by atoms with Gasteiger partial charge in [-0.15, -0.1) is 0 Å². The number of aliphatic imine (C=N–C) groups is 1. The number of fused-ring (bicyclic) bond motifs is 1. The fourth-order valence-corrected chi connectivity index (χ4v) is 4.67. The molecule has 4 heteroatoms. The molecule has 0 N–H and O–H groups in total. The molecule has 0 saturated heterocycles. The standard InChI is InChI=1S/C23H26N2OS/c1-15(2)26-22-12-11-18(13-19(22)14-24)23(25-4)27-16(3)20-9-5-7-17-8-6-10-21(17)20/h5,7,9,11-13,15-16H,6,8,10H2,1-4H3. The van der Waals surface area contributed by atoms with Gasteiger partial charge in [-0.1, -0.05) is 30.0 Å². The maximum atomic E-state index is 9.50. The summed E-state index contributed by atoms with van der Waals surface area (Å²) in [6.45, 7) is 6.17. The van der Waals surface area contributed by atoms with Crippen molar-refractivity contribution in [2.45, 2.75) is 51.4 Å². The van der Waals surface area contributed by atoms with E-state index >= 15 is 0 Å². The minimum Gasteiger partial charge on any atom is -0.490 e. The molecule has 1 aliphatic rings. The van der Waals surface area contributed by atoms with Crippen molar-refractivity contribution in [3.63, 3.8) is 0 Å². The number of aryl methyl sites for hydroxylation is 1. The Morgan fingerprint density at radius 2 is 2.00 bits per heavy atom. The van der Waals surface area contributed by atoms with Crippen molar-refractivity contribution in [3.05, 3.63) is 64.2 Å². The first kappa shape index (κ1) is 19.5. The molecule has 3 nitrogen and oxygen atoms in total. The summed E-state index contributed by atoms with van der Waals surface area (Å²) in [5.41, 5.74) is 5.95. The Morgan fingerprint density at radius 1 is 1.19 bits per heavy atom. The molecule has 1 unspecified atom stereocenters. The molecule has 1 atom stereocenters. The van der Waals surface area contributed by atoms with E-state index in [4.69, 9.17) is 4.74 Å². The molecule has 2 aromatic rings. The van der Waals surface area contributed by atoms with Gasteiger partial charge in [0.2, 0.25) is 0 Å². The number of hydrogen-bond acceptors (Lipinski definition) is 4. The van der Waals surface area contributed by atoms with Crippen LogP contribution in [0.25, 0.3) is 0 Å². The van der Waals surface area contributed by atoms with Crippen molar-refractivity contribution < 1.29 is 4.74 Å². The number of rotatable bonds is 5. The Kier molecular flexibility index (Phi) is 6.23. The summed E-state index contributed by atoms with van der Waals surface area (Å²) in [5, 5.41) is 10.8. The lowest BCUT2D eigenvalue weighted by Gasteiger charge is -2.18. The molecule has 0 bridgehead atoms. The van der Waals surface area contributed by atoms with E-state index < -0.39 is 0 Å². The molecule has 0 heterocycles. The van der Waals surface area contributed by atoms with Crippen molar-refractivity contribution in [2.24, 2.45) is 4.99 Å². The normalized spacial score (nSPS) is 14.7. The first-order chi connectivity index (χ1) is 13.0. The summed E-state index contributed by atoms with van der Waals surface area (Å²) in [7, 11) is 1.81. The molecule has 2 aromatic carbocycles. The summed E-state index contributed by atoms with van der Waals surface area (Å²) in [6, 6.07) is 14.7. The van der Waals surface area contributed by atoms with Gasteiger partial charge in [-0.2, -0.15) is 5.26 Å². The van der Waals surface area contributed by atoms with E-state index in [0.29, 0.717) is 16.6 Å². The smallest absolute Gasteiger partial charge is 0.137 e. The van der Waals surface area contributed by atoms with E-state index in [9.17, 15) is 5.26 Å². The number of nitrogens with zero attached hydrogens (tertiary/aromatic N) is 2. The summed E-state index contributed by atoms with van der Waals surface area (Å²) in [4.78, 5) is 4.51. The van der Waals surface area contributed by atoms with E-state index in [-0.39, 0.29) is 6.10 Å². The average Bonchev–Trinajstić information content (AvgIpc) is 3.14. The fraction of sp³-hybridized carbons (Fsp3) is 0.391.